The number of nitrogens with one attached hydrogen (secondary N) is 2. The molecule has 10 heteroatoms. The smallest absolute Gasteiger partial charge is 0.240 e. The lowest BCUT2D eigenvalue weighted by Gasteiger charge is -2.10. The largest absolute Gasteiger partial charge is 0.351 e. The average molecular weight is 460 g/mol. The zero-order valence-electron chi connectivity index (χ0n) is 17.6. The number of hydrogen-bond donors (Lipinski definition) is 2. The van der Waals surface area contributed by atoms with Gasteiger partial charge in [-0.25, -0.2) is 13.1 Å². The number of aromatic nitrogens is 3. The predicted octanol–water partition coefficient (Wildman–Crippen LogP) is 2.59. The Morgan fingerprint density at radius 3 is 2.61 bits per heavy atom. The molecule has 0 unspecified atom stereocenters. The van der Waals surface area contributed by atoms with Crippen LogP contribution < -0.4 is 10.0 Å². The normalized spacial score (nSPS) is 11.5. The van der Waals surface area contributed by atoms with Crippen molar-refractivity contribution >= 4 is 27.7 Å². The molecule has 3 aromatic rings. The standard InChI is InChI=1S/C21H25N5O3S2/c1-4-26-20(18-11-6-5-8-15(18)2)24-25-21(26)30-14-19(27)23-13-16-9-7-10-17(12-16)31(28,29)22-3/h5-12,22H,4,13-14H2,1-3H3,(H,23,27). The molecule has 0 aliphatic carbocycles. The third-order valence-electron chi connectivity index (χ3n) is 4.72. The van der Waals surface area contributed by atoms with E-state index in [1.54, 1.807) is 18.2 Å². The van der Waals surface area contributed by atoms with Crippen LogP contribution >= 0.6 is 11.8 Å². The second kappa shape index (κ2) is 10.1. The molecule has 0 fully saturated rings. The number of rotatable bonds is 9. The van der Waals surface area contributed by atoms with Gasteiger partial charge in [0.05, 0.1) is 10.6 Å². The molecule has 0 aliphatic heterocycles. The van der Waals surface area contributed by atoms with Gasteiger partial charge < -0.3 is 9.88 Å². The zero-order valence-corrected chi connectivity index (χ0v) is 19.3. The average Bonchev–Trinajstić information content (AvgIpc) is 3.19. The van der Waals surface area contributed by atoms with Gasteiger partial charge in [0.25, 0.3) is 0 Å². The lowest BCUT2D eigenvalue weighted by atomic mass is 10.1. The van der Waals surface area contributed by atoms with Crippen molar-refractivity contribution in [1.82, 2.24) is 24.8 Å². The Hall–Kier alpha value is -2.69. The van der Waals surface area contributed by atoms with Gasteiger partial charge in [0, 0.05) is 18.7 Å². The van der Waals surface area contributed by atoms with Gasteiger partial charge in [-0.05, 0) is 44.2 Å². The van der Waals surface area contributed by atoms with Gasteiger partial charge in [-0.15, -0.1) is 10.2 Å². The van der Waals surface area contributed by atoms with Gasteiger partial charge in [0.15, 0.2) is 11.0 Å². The van der Waals surface area contributed by atoms with Crippen molar-refractivity contribution in [2.75, 3.05) is 12.8 Å². The number of carbonyl (C=O) groups excluding carboxylic acids is 1. The molecule has 31 heavy (non-hydrogen) atoms. The first-order chi connectivity index (χ1) is 14.9. The molecule has 0 saturated heterocycles. The van der Waals surface area contributed by atoms with Crippen molar-refractivity contribution in [3.05, 3.63) is 59.7 Å². The molecule has 0 atom stereocenters. The van der Waals surface area contributed by atoms with E-state index in [2.05, 4.69) is 20.2 Å². The molecule has 0 saturated carbocycles. The molecule has 2 N–H and O–H groups in total. The number of amides is 1. The highest BCUT2D eigenvalue weighted by molar-refractivity contribution is 7.99. The van der Waals surface area contributed by atoms with Crippen molar-refractivity contribution in [2.24, 2.45) is 0 Å². The fourth-order valence-electron chi connectivity index (χ4n) is 3.03. The number of sulfonamides is 1. The lowest BCUT2D eigenvalue weighted by molar-refractivity contribution is -0.118. The summed E-state index contributed by atoms with van der Waals surface area (Å²) < 4.78 is 28.1. The van der Waals surface area contributed by atoms with E-state index in [0.717, 1.165) is 17.0 Å². The Balaban J connectivity index is 1.62. The Morgan fingerprint density at radius 2 is 1.90 bits per heavy atom. The van der Waals surface area contributed by atoms with Crippen LogP contribution in [0.3, 0.4) is 0 Å². The van der Waals surface area contributed by atoms with Crippen LogP contribution in [0.25, 0.3) is 11.4 Å². The summed E-state index contributed by atoms with van der Waals surface area (Å²) in [5.41, 5.74) is 2.83. The Kier molecular flexibility index (Phi) is 7.47. The van der Waals surface area contributed by atoms with Crippen molar-refractivity contribution in [3.8, 4) is 11.4 Å². The molecule has 0 radical (unpaired) electrons. The minimum absolute atomic E-state index is 0.163. The van der Waals surface area contributed by atoms with Gasteiger partial charge >= 0.3 is 0 Å². The maximum Gasteiger partial charge on any atom is 0.240 e. The minimum Gasteiger partial charge on any atom is -0.351 e. The highest BCUT2D eigenvalue weighted by atomic mass is 32.2. The second-order valence-corrected chi connectivity index (χ2v) is 9.61. The quantitative estimate of drug-likeness (QED) is 0.477. The maximum absolute atomic E-state index is 12.3. The summed E-state index contributed by atoms with van der Waals surface area (Å²) in [6.07, 6.45) is 0. The number of thioether (sulfide) groups is 1. The van der Waals surface area contributed by atoms with Gasteiger partial charge in [0.1, 0.15) is 0 Å². The molecular formula is C21H25N5O3S2. The van der Waals surface area contributed by atoms with E-state index >= 15 is 0 Å². The van der Waals surface area contributed by atoms with Crippen molar-refractivity contribution < 1.29 is 13.2 Å². The van der Waals surface area contributed by atoms with Gasteiger partial charge in [0.2, 0.25) is 15.9 Å². The van der Waals surface area contributed by atoms with Crippen LogP contribution in [-0.4, -0.2) is 41.9 Å². The molecule has 8 nitrogen and oxygen atoms in total. The van der Waals surface area contributed by atoms with E-state index in [0.29, 0.717) is 17.3 Å². The summed E-state index contributed by atoms with van der Waals surface area (Å²) in [6.45, 7) is 4.97. The number of hydrogen-bond acceptors (Lipinski definition) is 6. The third-order valence-corrected chi connectivity index (χ3v) is 7.10. The summed E-state index contributed by atoms with van der Waals surface area (Å²) in [6, 6.07) is 14.5. The van der Waals surface area contributed by atoms with Crippen LogP contribution in [0, 0.1) is 6.92 Å². The number of nitrogens with zero attached hydrogens (tertiary/aromatic N) is 3. The van der Waals surface area contributed by atoms with E-state index in [9.17, 15) is 13.2 Å². The van der Waals surface area contributed by atoms with Crippen molar-refractivity contribution in [3.63, 3.8) is 0 Å². The molecule has 0 bridgehead atoms. The molecule has 2 aromatic carbocycles. The molecule has 0 aliphatic rings. The van der Waals surface area contributed by atoms with Crippen molar-refractivity contribution in [1.29, 1.82) is 0 Å². The number of aryl methyl sites for hydroxylation is 1. The lowest BCUT2D eigenvalue weighted by Crippen LogP contribution is -2.25. The molecular weight excluding hydrogens is 434 g/mol. The summed E-state index contributed by atoms with van der Waals surface area (Å²) >= 11 is 1.32. The topological polar surface area (TPSA) is 106 Å². The number of benzene rings is 2. The third kappa shape index (κ3) is 5.52. The van der Waals surface area contributed by atoms with E-state index in [1.165, 1.54) is 24.9 Å². The van der Waals surface area contributed by atoms with Gasteiger partial charge in [-0.2, -0.15) is 0 Å². The van der Waals surface area contributed by atoms with Crippen molar-refractivity contribution in [2.45, 2.75) is 37.0 Å². The first-order valence-corrected chi connectivity index (χ1v) is 12.2. The van der Waals surface area contributed by atoms with Crippen LogP contribution in [0.4, 0.5) is 0 Å². The molecule has 164 valence electrons. The molecule has 3 rings (SSSR count). The SMILES string of the molecule is CCn1c(SCC(=O)NCc2cccc(S(=O)(=O)NC)c2)nnc1-c1ccccc1C. The summed E-state index contributed by atoms with van der Waals surface area (Å²) in [7, 11) is -2.16. The van der Waals surface area contributed by atoms with Gasteiger partial charge in [-0.1, -0.05) is 48.2 Å². The maximum atomic E-state index is 12.3. The van der Waals surface area contributed by atoms with Crippen LogP contribution in [-0.2, 0) is 27.9 Å². The van der Waals surface area contributed by atoms with Crippen LogP contribution in [0.5, 0.6) is 0 Å². The Bertz CT molecular complexity index is 1180. The van der Waals surface area contributed by atoms with E-state index in [1.807, 2.05) is 42.7 Å². The first-order valence-electron chi connectivity index (χ1n) is 9.77. The van der Waals surface area contributed by atoms with Crippen LogP contribution in [0.15, 0.2) is 58.6 Å². The fourth-order valence-corrected chi connectivity index (χ4v) is 4.66. The summed E-state index contributed by atoms with van der Waals surface area (Å²) in [5, 5.41) is 12.1. The predicted molar refractivity (Wildman–Crippen MR) is 121 cm³/mol. The Labute approximate surface area is 186 Å². The monoisotopic (exact) mass is 459 g/mol. The van der Waals surface area contributed by atoms with Gasteiger partial charge in [-0.3, -0.25) is 4.79 Å². The molecule has 1 aromatic heterocycles. The highest BCUT2D eigenvalue weighted by Gasteiger charge is 2.16. The number of carbonyl (C=O) groups is 1. The fraction of sp³-hybridized carbons (Fsp3) is 0.286. The molecule has 1 amide bonds. The van der Waals surface area contributed by atoms with E-state index in [-0.39, 0.29) is 23.1 Å². The van der Waals surface area contributed by atoms with Crippen LogP contribution in [0.2, 0.25) is 0 Å². The molecule has 0 spiro atoms. The first kappa shape index (κ1) is 23.0. The summed E-state index contributed by atoms with van der Waals surface area (Å²) in [4.78, 5) is 12.5. The summed E-state index contributed by atoms with van der Waals surface area (Å²) in [5.74, 6) is 0.793. The highest BCUT2D eigenvalue weighted by Crippen LogP contribution is 2.26. The second-order valence-electron chi connectivity index (χ2n) is 6.79. The van der Waals surface area contributed by atoms with E-state index < -0.39 is 10.0 Å². The van der Waals surface area contributed by atoms with E-state index in [4.69, 9.17) is 0 Å². The zero-order chi connectivity index (χ0) is 22.4. The molecule has 1 heterocycles. The van der Waals surface area contributed by atoms with Crippen LogP contribution in [0.1, 0.15) is 18.1 Å². The minimum atomic E-state index is -3.52. The Morgan fingerprint density at radius 1 is 1.13 bits per heavy atom.